The molecule has 0 aliphatic heterocycles. The fourth-order valence-corrected chi connectivity index (χ4v) is 1.40. The van der Waals surface area contributed by atoms with Gasteiger partial charge in [0.1, 0.15) is 5.82 Å². The summed E-state index contributed by atoms with van der Waals surface area (Å²) in [4.78, 5) is 21.6. The van der Waals surface area contributed by atoms with Crippen molar-refractivity contribution in [2.45, 2.75) is 6.54 Å². The Morgan fingerprint density at radius 1 is 1.47 bits per heavy atom. The van der Waals surface area contributed by atoms with Crippen LogP contribution in [-0.2, 0) is 6.54 Å². The molecule has 0 bridgehead atoms. The Balaban J connectivity index is 2.14. The Bertz CT molecular complexity index is 612. The molecule has 8 heteroatoms. The summed E-state index contributed by atoms with van der Waals surface area (Å²) in [6.07, 6.45) is 1.40. The van der Waals surface area contributed by atoms with Gasteiger partial charge in [0.15, 0.2) is 5.76 Å². The van der Waals surface area contributed by atoms with E-state index in [1.165, 1.54) is 12.3 Å². The number of non-ortho nitro benzene ring substituents is 1. The molecule has 0 atom stereocenters. The Kier molecular flexibility index (Phi) is 3.51. The zero-order chi connectivity index (χ0) is 13.8. The highest BCUT2D eigenvalue weighted by Crippen LogP contribution is 2.16. The van der Waals surface area contributed by atoms with E-state index < -0.39 is 22.2 Å². The molecule has 98 valence electrons. The van der Waals surface area contributed by atoms with E-state index in [0.29, 0.717) is 5.76 Å². The largest absolute Gasteiger partial charge is 0.360 e. The smallest absolute Gasteiger partial charge is 0.270 e. The van der Waals surface area contributed by atoms with Gasteiger partial charge in [0.2, 0.25) is 0 Å². The lowest BCUT2D eigenvalue weighted by Crippen LogP contribution is -2.23. The Labute approximate surface area is 106 Å². The first kappa shape index (κ1) is 12.7. The molecule has 0 aliphatic rings. The molecule has 0 unspecified atom stereocenters. The lowest BCUT2D eigenvalue weighted by molar-refractivity contribution is -0.384. The van der Waals surface area contributed by atoms with Crippen LogP contribution in [0.2, 0.25) is 0 Å². The van der Waals surface area contributed by atoms with Crippen molar-refractivity contribution in [2.75, 3.05) is 0 Å². The van der Waals surface area contributed by atoms with Crippen LogP contribution in [0.1, 0.15) is 16.1 Å². The molecule has 1 amide bonds. The van der Waals surface area contributed by atoms with Crippen molar-refractivity contribution in [3.63, 3.8) is 0 Å². The number of nitrogens with one attached hydrogen (secondary N) is 1. The van der Waals surface area contributed by atoms with Crippen molar-refractivity contribution >= 4 is 11.6 Å². The van der Waals surface area contributed by atoms with Gasteiger partial charge in [0.05, 0.1) is 23.2 Å². The highest BCUT2D eigenvalue weighted by atomic mass is 19.1. The summed E-state index contributed by atoms with van der Waals surface area (Å²) >= 11 is 0. The molecular formula is C11H8FN3O4. The number of hydrogen-bond donors (Lipinski definition) is 1. The van der Waals surface area contributed by atoms with Gasteiger partial charge >= 0.3 is 0 Å². The van der Waals surface area contributed by atoms with Gasteiger partial charge in [-0.2, -0.15) is 0 Å². The summed E-state index contributed by atoms with van der Waals surface area (Å²) in [5.41, 5.74) is -0.750. The highest BCUT2D eigenvalue weighted by Gasteiger charge is 2.16. The molecule has 0 saturated heterocycles. The number of rotatable bonds is 4. The van der Waals surface area contributed by atoms with Crippen LogP contribution in [-0.4, -0.2) is 16.0 Å². The maximum Gasteiger partial charge on any atom is 0.270 e. The van der Waals surface area contributed by atoms with Gasteiger partial charge in [-0.25, -0.2) is 4.39 Å². The standard InChI is InChI=1S/C11H8FN3O4/c12-10-2-1-7(15(17)18)5-9(10)11(16)13-6-8-3-4-14-19-8/h1-5H,6H2,(H,13,16). The normalized spacial score (nSPS) is 10.2. The fourth-order valence-electron chi connectivity index (χ4n) is 1.40. The third-order valence-corrected chi connectivity index (χ3v) is 2.32. The zero-order valence-corrected chi connectivity index (χ0v) is 9.50. The van der Waals surface area contributed by atoms with Crippen LogP contribution in [0.15, 0.2) is 35.0 Å². The summed E-state index contributed by atoms with van der Waals surface area (Å²) in [6.45, 7) is 0.0148. The van der Waals surface area contributed by atoms with Gasteiger partial charge < -0.3 is 9.84 Å². The first-order chi connectivity index (χ1) is 9.08. The summed E-state index contributed by atoms with van der Waals surface area (Å²) in [7, 11) is 0. The van der Waals surface area contributed by atoms with E-state index in [-0.39, 0.29) is 12.2 Å². The molecule has 2 aromatic rings. The number of hydrogen-bond acceptors (Lipinski definition) is 5. The number of amides is 1. The number of nitrogens with zero attached hydrogens (tertiary/aromatic N) is 2. The van der Waals surface area contributed by atoms with Gasteiger partial charge in [-0.3, -0.25) is 14.9 Å². The first-order valence-electron chi connectivity index (χ1n) is 5.19. The van der Waals surface area contributed by atoms with Gasteiger partial charge in [-0.05, 0) is 6.07 Å². The van der Waals surface area contributed by atoms with Crippen LogP contribution in [0.4, 0.5) is 10.1 Å². The lowest BCUT2D eigenvalue weighted by atomic mass is 10.1. The number of nitro groups is 1. The van der Waals surface area contributed by atoms with Crippen LogP contribution in [0.5, 0.6) is 0 Å². The van der Waals surface area contributed by atoms with Crippen LogP contribution in [0, 0.1) is 15.9 Å². The lowest BCUT2D eigenvalue weighted by Gasteiger charge is -2.04. The quantitative estimate of drug-likeness (QED) is 0.669. The summed E-state index contributed by atoms with van der Waals surface area (Å²) in [5.74, 6) is -1.21. The van der Waals surface area contributed by atoms with E-state index >= 15 is 0 Å². The van der Waals surface area contributed by atoms with E-state index in [1.807, 2.05) is 0 Å². The van der Waals surface area contributed by atoms with Gasteiger partial charge in [-0.15, -0.1) is 0 Å². The second kappa shape index (κ2) is 5.25. The van der Waals surface area contributed by atoms with Crippen LogP contribution < -0.4 is 5.32 Å². The van der Waals surface area contributed by atoms with Crippen LogP contribution in [0.3, 0.4) is 0 Å². The summed E-state index contributed by atoms with van der Waals surface area (Å²) in [5, 5.41) is 16.4. The van der Waals surface area contributed by atoms with Crippen molar-refractivity contribution < 1.29 is 18.6 Å². The molecule has 1 aromatic heterocycles. The van der Waals surface area contributed by atoms with Crippen molar-refractivity contribution in [1.29, 1.82) is 0 Å². The van der Waals surface area contributed by atoms with E-state index in [4.69, 9.17) is 4.52 Å². The Morgan fingerprint density at radius 3 is 2.89 bits per heavy atom. The van der Waals surface area contributed by atoms with Crippen molar-refractivity contribution in [1.82, 2.24) is 10.5 Å². The maximum atomic E-state index is 13.4. The van der Waals surface area contributed by atoms with E-state index in [1.54, 1.807) is 0 Å². The third kappa shape index (κ3) is 2.92. The van der Waals surface area contributed by atoms with Crippen LogP contribution in [0.25, 0.3) is 0 Å². The second-order valence-corrected chi connectivity index (χ2v) is 3.58. The predicted molar refractivity (Wildman–Crippen MR) is 60.7 cm³/mol. The average Bonchev–Trinajstić information content (AvgIpc) is 2.89. The summed E-state index contributed by atoms with van der Waals surface area (Å²) in [6, 6.07) is 4.28. The Morgan fingerprint density at radius 2 is 2.26 bits per heavy atom. The van der Waals surface area contributed by atoms with Crippen molar-refractivity contribution in [3.8, 4) is 0 Å². The number of aromatic nitrogens is 1. The minimum Gasteiger partial charge on any atom is -0.360 e. The number of halogens is 1. The molecule has 1 N–H and O–H groups in total. The highest BCUT2D eigenvalue weighted by molar-refractivity contribution is 5.95. The monoisotopic (exact) mass is 265 g/mol. The van der Waals surface area contributed by atoms with E-state index in [2.05, 4.69) is 10.5 Å². The van der Waals surface area contributed by atoms with Crippen molar-refractivity contribution in [3.05, 3.63) is 57.7 Å². The minimum absolute atomic E-state index is 0.0148. The van der Waals surface area contributed by atoms with Crippen LogP contribution >= 0.6 is 0 Å². The molecule has 2 rings (SSSR count). The SMILES string of the molecule is O=C(NCc1ccno1)c1cc([N+](=O)[O-])ccc1F. The zero-order valence-electron chi connectivity index (χ0n) is 9.50. The molecule has 7 nitrogen and oxygen atoms in total. The average molecular weight is 265 g/mol. The van der Waals surface area contributed by atoms with Gasteiger partial charge in [0.25, 0.3) is 11.6 Å². The number of benzene rings is 1. The third-order valence-electron chi connectivity index (χ3n) is 2.32. The molecule has 19 heavy (non-hydrogen) atoms. The maximum absolute atomic E-state index is 13.4. The molecule has 0 fully saturated rings. The van der Waals surface area contributed by atoms with Gasteiger partial charge in [0, 0.05) is 18.2 Å². The number of nitro benzene ring substituents is 1. The number of carbonyl (C=O) groups excluding carboxylic acids is 1. The molecule has 0 spiro atoms. The second-order valence-electron chi connectivity index (χ2n) is 3.58. The topological polar surface area (TPSA) is 98.3 Å². The molecule has 0 aliphatic carbocycles. The van der Waals surface area contributed by atoms with Gasteiger partial charge in [-0.1, -0.05) is 5.16 Å². The Hall–Kier alpha value is -2.77. The van der Waals surface area contributed by atoms with E-state index in [9.17, 15) is 19.3 Å². The molecule has 0 radical (unpaired) electrons. The predicted octanol–water partition coefficient (Wildman–Crippen LogP) is 1.65. The molecule has 1 aromatic carbocycles. The molecule has 0 saturated carbocycles. The fraction of sp³-hybridized carbons (Fsp3) is 0.0909. The van der Waals surface area contributed by atoms with E-state index in [0.717, 1.165) is 18.2 Å². The number of carbonyl (C=O) groups is 1. The first-order valence-corrected chi connectivity index (χ1v) is 5.19. The molecular weight excluding hydrogens is 257 g/mol. The molecule has 1 heterocycles. The minimum atomic E-state index is -0.833. The van der Waals surface area contributed by atoms with Crippen molar-refractivity contribution in [2.24, 2.45) is 0 Å². The summed E-state index contributed by atoms with van der Waals surface area (Å²) < 4.78 is 18.2.